The lowest BCUT2D eigenvalue weighted by Crippen LogP contribution is -2.05. The van der Waals surface area contributed by atoms with Crippen molar-refractivity contribution in [3.05, 3.63) is 16.8 Å². The normalized spacial score (nSPS) is 10.4. The van der Waals surface area contributed by atoms with Crippen LogP contribution in [-0.2, 0) is 6.54 Å². The highest BCUT2D eigenvalue weighted by Gasteiger charge is 2.14. The number of unbranched alkanes of at least 4 members (excludes halogenated alkanes) is 1. The second kappa shape index (κ2) is 5.86. The van der Waals surface area contributed by atoms with Crippen LogP contribution in [0.3, 0.4) is 0 Å². The molecule has 1 heterocycles. The Bertz CT molecular complexity index is 401. The van der Waals surface area contributed by atoms with Gasteiger partial charge in [0.15, 0.2) is 0 Å². The standard InChI is InChI=1S/C12H19N3S/c1-9-10(2)15(6-4-5-7-16-3)12(14)11(9)8-13/h4-7,14H2,1-3H3. The Labute approximate surface area is 102 Å². The second-order valence-corrected chi connectivity index (χ2v) is 4.92. The van der Waals surface area contributed by atoms with E-state index in [1.165, 1.54) is 12.2 Å². The zero-order chi connectivity index (χ0) is 12.1. The van der Waals surface area contributed by atoms with E-state index >= 15 is 0 Å². The van der Waals surface area contributed by atoms with E-state index in [1.807, 2.05) is 25.6 Å². The Morgan fingerprint density at radius 3 is 2.56 bits per heavy atom. The summed E-state index contributed by atoms with van der Waals surface area (Å²) in [5.74, 6) is 1.81. The predicted molar refractivity (Wildman–Crippen MR) is 70.6 cm³/mol. The number of nitrogens with two attached hydrogens (primary N) is 1. The number of anilines is 1. The van der Waals surface area contributed by atoms with E-state index in [0.717, 1.165) is 24.2 Å². The third-order valence-corrected chi connectivity index (χ3v) is 3.66. The number of thioether (sulfide) groups is 1. The van der Waals surface area contributed by atoms with Crippen LogP contribution in [0, 0.1) is 25.2 Å². The van der Waals surface area contributed by atoms with Gasteiger partial charge in [0.2, 0.25) is 0 Å². The summed E-state index contributed by atoms with van der Waals surface area (Å²) >= 11 is 1.87. The van der Waals surface area contributed by atoms with E-state index in [4.69, 9.17) is 11.0 Å². The Hall–Kier alpha value is -1.08. The van der Waals surface area contributed by atoms with Crippen LogP contribution in [-0.4, -0.2) is 16.6 Å². The molecular formula is C12H19N3S. The molecule has 0 aliphatic heterocycles. The Kier molecular flexibility index (Phi) is 4.75. The summed E-state index contributed by atoms with van der Waals surface area (Å²) < 4.78 is 2.06. The number of hydrogen-bond donors (Lipinski definition) is 1. The van der Waals surface area contributed by atoms with Gasteiger partial charge in [-0.25, -0.2) is 0 Å². The summed E-state index contributed by atoms with van der Waals surface area (Å²) in [6, 6.07) is 2.18. The first-order chi connectivity index (χ1) is 7.63. The van der Waals surface area contributed by atoms with Crippen molar-refractivity contribution in [3.8, 4) is 6.07 Å². The molecule has 0 aromatic carbocycles. The molecular weight excluding hydrogens is 218 g/mol. The van der Waals surface area contributed by atoms with Crippen LogP contribution in [0.15, 0.2) is 0 Å². The topological polar surface area (TPSA) is 54.7 Å². The first-order valence-corrected chi connectivity index (χ1v) is 6.87. The molecule has 0 radical (unpaired) electrons. The summed E-state index contributed by atoms with van der Waals surface area (Å²) in [5.41, 5.74) is 8.75. The molecule has 4 heteroatoms. The number of aromatic nitrogens is 1. The maximum Gasteiger partial charge on any atom is 0.122 e. The van der Waals surface area contributed by atoms with Gasteiger partial charge in [-0.15, -0.1) is 0 Å². The van der Waals surface area contributed by atoms with Gasteiger partial charge in [-0.1, -0.05) is 0 Å². The van der Waals surface area contributed by atoms with Crippen LogP contribution in [0.25, 0.3) is 0 Å². The molecule has 16 heavy (non-hydrogen) atoms. The van der Waals surface area contributed by atoms with Crippen LogP contribution < -0.4 is 5.73 Å². The van der Waals surface area contributed by atoms with Crippen molar-refractivity contribution >= 4 is 17.6 Å². The van der Waals surface area contributed by atoms with Crippen molar-refractivity contribution in [2.45, 2.75) is 33.2 Å². The Balaban J connectivity index is 2.77. The molecule has 0 atom stereocenters. The lowest BCUT2D eigenvalue weighted by atomic mass is 10.2. The average molecular weight is 237 g/mol. The van der Waals surface area contributed by atoms with Crippen LogP contribution >= 0.6 is 11.8 Å². The van der Waals surface area contributed by atoms with E-state index in [1.54, 1.807) is 0 Å². The monoisotopic (exact) mass is 237 g/mol. The van der Waals surface area contributed by atoms with Crippen LogP contribution in [0.4, 0.5) is 5.82 Å². The molecule has 0 spiro atoms. The number of nitriles is 1. The molecule has 0 unspecified atom stereocenters. The summed E-state index contributed by atoms with van der Waals surface area (Å²) in [7, 11) is 0. The van der Waals surface area contributed by atoms with Crippen molar-refractivity contribution in [1.29, 1.82) is 5.26 Å². The number of rotatable bonds is 5. The molecule has 0 saturated carbocycles. The summed E-state index contributed by atoms with van der Waals surface area (Å²) in [6.45, 7) is 4.91. The van der Waals surface area contributed by atoms with Gasteiger partial charge in [-0.3, -0.25) is 0 Å². The summed E-state index contributed by atoms with van der Waals surface area (Å²) in [5, 5.41) is 9.00. The van der Waals surface area contributed by atoms with Gasteiger partial charge >= 0.3 is 0 Å². The molecule has 1 aromatic rings. The zero-order valence-corrected chi connectivity index (χ0v) is 11.0. The van der Waals surface area contributed by atoms with E-state index in [2.05, 4.69) is 16.9 Å². The lowest BCUT2D eigenvalue weighted by molar-refractivity contribution is 0.630. The fourth-order valence-corrected chi connectivity index (χ4v) is 2.33. The zero-order valence-electron chi connectivity index (χ0n) is 10.2. The number of nitrogen functional groups attached to an aromatic ring is 1. The van der Waals surface area contributed by atoms with E-state index in [0.29, 0.717) is 11.4 Å². The second-order valence-electron chi connectivity index (χ2n) is 3.93. The molecule has 0 amide bonds. The van der Waals surface area contributed by atoms with Crippen LogP contribution in [0.2, 0.25) is 0 Å². The van der Waals surface area contributed by atoms with E-state index in [9.17, 15) is 0 Å². The van der Waals surface area contributed by atoms with Crippen molar-refractivity contribution in [2.24, 2.45) is 0 Å². The maximum atomic E-state index is 9.00. The third-order valence-electron chi connectivity index (χ3n) is 2.96. The third kappa shape index (κ3) is 2.53. The highest BCUT2D eigenvalue weighted by molar-refractivity contribution is 7.98. The van der Waals surface area contributed by atoms with E-state index in [-0.39, 0.29) is 0 Å². The highest BCUT2D eigenvalue weighted by atomic mass is 32.2. The molecule has 0 saturated heterocycles. The molecule has 3 nitrogen and oxygen atoms in total. The fourth-order valence-electron chi connectivity index (χ4n) is 1.84. The molecule has 1 aromatic heterocycles. The molecule has 0 fully saturated rings. The minimum atomic E-state index is 0.627. The lowest BCUT2D eigenvalue weighted by Gasteiger charge is -2.08. The molecule has 1 rings (SSSR count). The van der Waals surface area contributed by atoms with Gasteiger partial charge in [0.25, 0.3) is 0 Å². The minimum Gasteiger partial charge on any atom is -0.384 e. The maximum absolute atomic E-state index is 9.00. The number of nitrogens with zero attached hydrogens (tertiary/aromatic N) is 2. The SMILES string of the molecule is CSCCCCn1c(C)c(C)c(C#N)c1N. The molecule has 0 aliphatic carbocycles. The van der Waals surface area contributed by atoms with Gasteiger partial charge in [0, 0.05) is 12.2 Å². The quantitative estimate of drug-likeness (QED) is 0.801. The fraction of sp³-hybridized carbons (Fsp3) is 0.583. The first kappa shape index (κ1) is 13.0. The van der Waals surface area contributed by atoms with Gasteiger partial charge in [-0.2, -0.15) is 17.0 Å². The molecule has 0 aliphatic rings. The van der Waals surface area contributed by atoms with Gasteiger partial charge < -0.3 is 10.3 Å². The van der Waals surface area contributed by atoms with Crippen molar-refractivity contribution in [2.75, 3.05) is 17.7 Å². The predicted octanol–water partition coefficient (Wildman–Crippen LogP) is 2.70. The minimum absolute atomic E-state index is 0.627. The Morgan fingerprint density at radius 2 is 2.06 bits per heavy atom. The average Bonchev–Trinajstić information content (AvgIpc) is 2.47. The Morgan fingerprint density at radius 1 is 1.38 bits per heavy atom. The summed E-state index contributed by atoms with van der Waals surface area (Å²) in [6.07, 6.45) is 4.43. The molecule has 88 valence electrons. The summed E-state index contributed by atoms with van der Waals surface area (Å²) in [4.78, 5) is 0. The van der Waals surface area contributed by atoms with Crippen molar-refractivity contribution in [3.63, 3.8) is 0 Å². The molecule has 0 bridgehead atoms. The van der Waals surface area contributed by atoms with Crippen LogP contribution in [0.5, 0.6) is 0 Å². The first-order valence-electron chi connectivity index (χ1n) is 5.47. The van der Waals surface area contributed by atoms with E-state index < -0.39 is 0 Å². The van der Waals surface area contributed by atoms with Crippen molar-refractivity contribution < 1.29 is 0 Å². The van der Waals surface area contributed by atoms with Crippen molar-refractivity contribution in [1.82, 2.24) is 4.57 Å². The number of hydrogen-bond acceptors (Lipinski definition) is 3. The highest BCUT2D eigenvalue weighted by Crippen LogP contribution is 2.23. The van der Waals surface area contributed by atoms with Crippen LogP contribution in [0.1, 0.15) is 29.7 Å². The largest absolute Gasteiger partial charge is 0.384 e. The molecule has 2 N–H and O–H groups in total. The smallest absolute Gasteiger partial charge is 0.122 e. The van der Waals surface area contributed by atoms with Gasteiger partial charge in [0.05, 0.1) is 5.56 Å². The van der Waals surface area contributed by atoms with Gasteiger partial charge in [0.1, 0.15) is 11.9 Å². The van der Waals surface area contributed by atoms with Gasteiger partial charge in [-0.05, 0) is 44.3 Å².